The highest BCUT2D eigenvalue weighted by atomic mass is 35.5. The number of urea groups is 1. The van der Waals surface area contributed by atoms with Crippen LogP contribution in [0.25, 0.3) is 10.9 Å². The summed E-state index contributed by atoms with van der Waals surface area (Å²) in [5.74, 6) is -0.212. The number of nitrogens with one attached hydrogen (secondary N) is 2. The second-order valence-electron chi connectivity index (χ2n) is 11.6. The minimum atomic E-state index is -1.18. The van der Waals surface area contributed by atoms with Gasteiger partial charge in [0, 0.05) is 76.9 Å². The number of rotatable bonds is 7. The first-order chi connectivity index (χ1) is 21.7. The molecule has 3 aromatic carbocycles. The van der Waals surface area contributed by atoms with E-state index in [-0.39, 0.29) is 24.3 Å². The van der Waals surface area contributed by atoms with Crippen LogP contribution in [0, 0.1) is 6.92 Å². The molecule has 4 amide bonds. The molecule has 2 fully saturated rings. The molecule has 234 valence electrons. The fraction of sp³-hybridized carbons (Fsp3) is 0.324. The molecule has 1 aromatic heterocycles. The van der Waals surface area contributed by atoms with Gasteiger partial charge in [0.05, 0.1) is 12.5 Å². The Hall–Kier alpha value is -3.66. The molecule has 2 aliphatic heterocycles. The third kappa shape index (κ3) is 6.26. The smallest absolute Gasteiger partial charge is 0.317 e. The molecule has 0 bridgehead atoms. The van der Waals surface area contributed by atoms with E-state index in [0.717, 1.165) is 32.5 Å². The van der Waals surface area contributed by atoms with Gasteiger partial charge in [-0.2, -0.15) is 0 Å². The van der Waals surface area contributed by atoms with Crippen LogP contribution in [-0.2, 0) is 16.1 Å². The summed E-state index contributed by atoms with van der Waals surface area (Å²) in [6.45, 7) is 6.36. The van der Waals surface area contributed by atoms with Crippen molar-refractivity contribution in [2.24, 2.45) is 0 Å². The molecule has 0 spiro atoms. The van der Waals surface area contributed by atoms with Crippen LogP contribution in [-0.4, -0.2) is 75.0 Å². The number of fused-ring (bicyclic) bond motifs is 1. The van der Waals surface area contributed by atoms with Gasteiger partial charge in [-0.15, -0.1) is 11.8 Å². The number of nitrogens with zero attached hydrogens (tertiary/aromatic N) is 3. The van der Waals surface area contributed by atoms with E-state index < -0.39 is 10.8 Å². The third-order valence-electron chi connectivity index (χ3n) is 8.59. The molecular weight excluding hydrogens is 629 g/mol. The fourth-order valence-corrected chi connectivity index (χ4v) is 8.11. The maximum absolute atomic E-state index is 15.0. The predicted octanol–water partition coefficient (Wildman–Crippen LogP) is 6.66. The van der Waals surface area contributed by atoms with Gasteiger partial charge in [0.15, 0.2) is 0 Å². The van der Waals surface area contributed by atoms with Gasteiger partial charge in [-0.25, -0.2) is 4.79 Å². The predicted molar refractivity (Wildman–Crippen MR) is 180 cm³/mol. The average molecular weight is 665 g/mol. The van der Waals surface area contributed by atoms with E-state index in [1.54, 1.807) is 4.90 Å². The highest BCUT2D eigenvalue weighted by molar-refractivity contribution is 8.01. The average Bonchev–Trinajstić information content (AvgIpc) is 3.56. The number of likely N-dealkylation sites (tertiary alicyclic amines) is 1. The summed E-state index contributed by atoms with van der Waals surface area (Å²) >= 11 is 14.0. The quantitative estimate of drug-likeness (QED) is 0.231. The van der Waals surface area contributed by atoms with Crippen LogP contribution in [0.5, 0.6) is 0 Å². The lowest BCUT2D eigenvalue weighted by Gasteiger charge is -2.42. The Balaban J connectivity index is 1.46. The van der Waals surface area contributed by atoms with Crippen molar-refractivity contribution in [3.05, 3.63) is 99.7 Å². The molecule has 11 heteroatoms. The van der Waals surface area contributed by atoms with E-state index in [0.29, 0.717) is 49.3 Å². The molecule has 0 saturated carbocycles. The number of halogens is 2. The number of carbonyl (C=O) groups is 3. The SMILES string of the molecule is CCNC(=O)N1CCN(C(=O)[C@]2(Sc3ccc(C)cc3)CC(=O)N(Cc3ccc(Cl)cc3)[C@H]2c2c[nH]c3cc(Cl)ccc23)CC1. The number of H-pyrrole nitrogens is 1. The summed E-state index contributed by atoms with van der Waals surface area (Å²) in [5.41, 5.74) is 3.72. The molecule has 0 aliphatic carbocycles. The number of piperazine rings is 1. The molecule has 3 heterocycles. The summed E-state index contributed by atoms with van der Waals surface area (Å²) in [7, 11) is 0. The first kappa shape index (κ1) is 31.3. The second kappa shape index (κ2) is 13.0. The number of hydrogen-bond acceptors (Lipinski definition) is 4. The normalized spacial score (nSPS) is 20.2. The molecule has 0 radical (unpaired) electrons. The Morgan fingerprint density at radius 1 is 0.956 bits per heavy atom. The van der Waals surface area contributed by atoms with Gasteiger partial charge in [0.1, 0.15) is 4.75 Å². The molecular formula is C34H35Cl2N5O3S. The van der Waals surface area contributed by atoms with Gasteiger partial charge < -0.3 is 25.0 Å². The Morgan fingerprint density at radius 3 is 2.31 bits per heavy atom. The number of carbonyl (C=O) groups excluding carboxylic acids is 3. The number of aryl methyl sites for hydroxylation is 1. The van der Waals surface area contributed by atoms with E-state index in [4.69, 9.17) is 23.2 Å². The number of amides is 4. The zero-order valence-electron chi connectivity index (χ0n) is 25.2. The largest absolute Gasteiger partial charge is 0.361 e. The third-order valence-corrected chi connectivity index (χ3v) is 10.5. The molecule has 4 aromatic rings. The van der Waals surface area contributed by atoms with Gasteiger partial charge in [0.2, 0.25) is 11.8 Å². The lowest BCUT2D eigenvalue weighted by Crippen LogP contribution is -2.58. The minimum Gasteiger partial charge on any atom is -0.361 e. The summed E-state index contributed by atoms with van der Waals surface area (Å²) in [6, 6.07) is 20.4. The molecule has 6 rings (SSSR count). The minimum absolute atomic E-state index is 0.0272. The zero-order chi connectivity index (χ0) is 31.7. The van der Waals surface area contributed by atoms with Crippen LogP contribution in [0.15, 0.2) is 77.8 Å². The van der Waals surface area contributed by atoms with Crippen LogP contribution in [0.1, 0.15) is 36.1 Å². The van der Waals surface area contributed by atoms with Crippen molar-refractivity contribution in [3.8, 4) is 0 Å². The highest BCUT2D eigenvalue weighted by Gasteiger charge is 2.59. The monoisotopic (exact) mass is 663 g/mol. The first-order valence-corrected chi connectivity index (χ1v) is 16.6. The van der Waals surface area contributed by atoms with Crippen molar-refractivity contribution in [2.45, 2.75) is 42.5 Å². The molecule has 2 N–H and O–H groups in total. The maximum atomic E-state index is 15.0. The Labute approximate surface area is 277 Å². The van der Waals surface area contributed by atoms with Gasteiger partial charge in [-0.1, -0.05) is 59.1 Å². The standard InChI is InChI=1S/C34H35Cl2N5O3S/c1-3-37-33(44)40-16-14-39(15-17-40)32(43)34(45-26-11-4-22(2)5-12-26)19-30(42)41(21-23-6-8-24(35)9-7-23)31(34)28-20-38-29-18-25(36)10-13-27(28)29/h4-13,18,20,31,38H,3,14-17,19,21H2,1-2H3,(H,37,44)/t31-,34-/m0/s1. The molecule has 45 heavy (non-hydrogen) atoms. The number of hydrogen-bond donors (Lipinski definition) is 2. The topological polar surface area (TPSA) is 88.8 Å². The summed E-state index contributed by atoms with van der Waals surface area (Å²) < 4.78 is -1.18. The van der Waals surface area contributed by atoms with Gasteiger partial charge in [0.25, 0.3) is 0 Å². The molecule has 8 nitrogen and oxygen atoms in total. The molecule has 2 aliphatic rings. The van der Waals surface area contributed by atoms with Crippen molar-refractivity contribution >= 4 is 63.7 Å². The van der Waals surface area contributed by atoms with Gasteiger partial charge in [-0.05, 0) is 55.8 Å². The Kier molecular flexibility index (Phi) is 9.04. The maximum Gasteiger partial charge on any atom is 0.317 e. The van der Waals surface area contributed by atoms with Crippen LogP contribution in [0.3, 0.4) is 0 Å². The van der Waals surface area contributed by atoms with Crippen LogP contribution in [0.4, 0.5) is 4.79 Å². The number of thioether (sulfide) groups is 1. The molecule has 2 saturated heterocycles. The summed E-state index contributed by atoms with van der Waals surface area (Å²) in [4.78, 5) is 51.5. The number of benzene rings is 3. The van der Waals surface area contributed by atoms with E-state index in [1.165, 1.54) is 11.8 Å². The van der Waals surface area contributed by atoms with Crippen molar-refractivity contribution in [3.63, 3.8) is 0 Å². The van der Waals surface area contributed by atoms with E-state index in [1.807, 2.05) is 96.6 Å². The molecule has 2 atom stereocenters. The van der Waals surface area contributed by atoms with Crippen LogP contribution < -0.4 is 5.32 Å². The van der Waals surface area contributed by atoms with Crippen LogP contribution >= 0.6 is 35.0 Å². The highest BCUT2D eigenvalue weighted by Crippen LogP contribution is 2.55. The first-order valence-electron chi connectivity index (χ1n) is 15.1. The Bertz CT molecular complexity index is 1720. The van der Waals surface area contributed by atoms with Crippen molar-refractivity contribution in [1.82, 2.24) is 25.0 Å². The van der Waals surface area contributed by atoms with Gasteiger partial charge in [-0.3, -0.25) is 9.59 Å². The van der Waals surface area contributed by atoms with Gasteiger partial charge >= 0.3 is 6.03 Å². The van der Waals surface area contributed by atoms with Crippen molar-refractivity contribution in [1.29, 1.82) is 0 Å². The van der Waals surface area contributed by atoms with Crippen LogP contribution in [0.2, 0.25) is 10.0 Å². The second-order valence-corrected chi connectivity index (χ2v) is 13.9. The Morgan fingerprint density at radius 2 is 1.62 bits per heavy atom. The van der Waals surface area contributed by atoms with E-state index >= 15 is 4.79 Å². The van der Waals surface area contributed by atoms with Crippen molar-refractivity contribution < 1.29 is 14.4 Å². The lowest BCUT2D eigenvalue weighted by molar-refractivity contribution is -0.136. The van der Waals surface area contributed by atoms with E-state index in [9.17, 15) is 9.59 Å². The zero-order valence-corrected chi connectivity index (χ0v) is 27.5. The lowest BCUT2D eigenvalue weighted by atomic mass is 9.90. The van der Waals surface area contributed by atoms with Crippen molar-refractivity contribution in [2.75, 3.05) is 32.7 Å². The summed E-state index contributed by atoms with van der Waals surface area (Å²) in [5, 5.41) is 4.97. The summed E-state index contributed by atoms with van der Waals surface area (Å²) in [6.07, 6.45) is 1.93. The fourth-order valence-electron chi connectivity index (χ4n) is 6.34. The number of aromatic amines is 1. The molecule has 0 unspecified atom stereocenters. The van der Waals surface area contributed by atoms with E-state index in [2.05, 4.69) is 10.3 Å². The number of aromatic nitrogens is 1.